The Morgan fingerprint density at radius 2 is 1.42 bits per heavy atom. The first-order valence-electron chi connectivity index (χ1n) is 16.3. The number of quaternary nitrogens is 2. The summed E-state index contributed by atoms with van der Waals surface area (Å²) in [4.78, 5) is 29.0. The molecule has 6 rings (SSSR count). The molecular weight excluding hydrogens is 569 g/mol. The zero-order valence-electron chi connectivity index (χ0n) is 26.7. The lowest BCUT2D eigenvalue weighted by Crippen LogP contribution is -2.80. The van der Waals surface area contributed by atoms with Gasteiger partial charge in [0.1, 0.15) is 37.5 Å². The molecular formula is C37H46FN3O4+2. The van der Waals surface area contributed by atoms with Gasteiger partial charge in [-0.2, -0.15) is 9.59 Å². The Labute approximate surface area is 265 Å². The van der Waals surface area contributed by atoms with Crippen LogP contribution in [0.25, 0.3) is 11.1 Å². The lowest BCUT2D eigenvalue weighted by atomic mass is 9.88. The van der Waals surface area contributed by atoms with E-state index in [0.717, 1.165) is 60.2 Å². The van der Waals surface area contributed by atoms with E-state index in [1.807, 2.05) is 57.2 Å². The molecule has 0 bridgehead atoms. The minimum absolute atomic E-state index is 0.0733. The van der Waals surface area contributed by atoms with Crippen LogP contribution in [0.4, 0.5) is 14.0 Å². The van der Waals surface area contributed by atoms with Gasteiger partial charge in [-0.25, -0.2) is 13.4 Å². The van der Waals surface area contributed by atoms with Crippen LogP contribution in [-0.2, 0) is 6.42 Å². The molecule has 3 aromatic carbocycles. The Morgan fingerprint density at radius 3 is 1.96 bits per heavy atom. The molecule has 3 aliphatic rings. The molecule has 0 spiro atoms. The third kappa shape index (κ3) is 5.68. The summed E-state index contributed by atoms with van der Waals surface area (Å²) in [6, 6.07) is 22.9. The number of amides is 2. The number of carboxylic acid groups (broad SMARTS) is 2. The lowest BCUT2D eigenvalue weighted by molar-refractivity contribution is -1.01. The zero-order valence-corrected chi connectivity index (χ0v) is 26.7. The van der Waals surface area contributed by atoms with Gasteiger partial charge in [-0.05, 0) is 99.0 Å². The van der Waals surface area contributed by atoms with Crippen molar-refractivity contribution in [2.24, 2.45) is 5.92 Å². The van der Waals surface area contributed by atoms with Crippen molar-refractivity contribution in [1.82, 2.24) is 4.90 Å². The summed E-state index contributed by atoms with van der Waals surface area (Å²) in [5.74, 6) is 0.184. The van der Waals surface area contributed by atoms with Gasteiger partial charge in [0.25, 0.3) is 0 Å². The van der Waals surface area contributed by atoms with Crippen molar-refractivity contribution in [2.45, 2.75) is 57.5 Å². The van der Waals surface area contributed by atoms with Gasteiger partial charge >= 0.3 is 12.2 Å². The van der Waals surface area contributed by atoms with Crippen LogP contribution in [0, 0.1) is 11.7 Å². The Bertz CT molecular complexity index is 1520. The van der Waals surface area contributed by atoms with Gasteiger partial charge in [0.2, 0.25) is 0 Å². The minimum atomic E-state index is -0.878. The van der Waals surface area contributed by atoms with E-state index in [-0.39, 0.29) is 40.3 Å². The quantitative estimate of drug-likeness (QED) is 0.290. The van der Waals surface area contributed by atoms with Crippen molar-refractivity contribution in [3.8, 4) is 11.1 Å². The number of nitrogens with zero attached hydrogens (tertiary/aromatic N) is 3. The highest BCUT2D eigenvalue weighted by Gasteiger charge is 2.63. The van der Waals surface area contributed by atoms with Crippen molar-refractivity contribution in [3.63, 3.8) is 0 Å². The van der Waals surface area contributed by atoms with Gasteiger partial charge in [0.05, 0.1) is 12.5 Å². The molecule has 238 valence electrons. The highest BCUT2D eigenvalue weighted by Crippen LogP contribution is 2.47. The fourth-order valence-corrected chi connectivity index (χ4v) is 8.63. The molecule has 3 unspecified atom stereocenters. The average molecular weight is 616 g/mol. The second-order valence-electron chi connectivity index (χ2n) is 14.5. The molecule has 2 saturated heterocycles. The summed E-state index contributed by atoms with van der Waals surface area (Å²) in [6.07, 6.45) is 1.09. The molecule has 7 nitrogen and oxygen atoms in total. The van der Waals surface area contributed by atoms with Gasteiger partial charge in [-0.15, -0.1) is 0 Å². The predicted octanol–water partition coefficient (Wildman–Crippen LogP) is 7.06. The van der Waals surface area contributed by atoms with Crippen LogP contribution < -0.4 is 0 Å². The highest BCUT2D eigenvalue weighted by atomic mass is 19.1. The summed E-state index contributed by atoms with van der Waals surface area (Å²) in [7, 11) is 0. The highest BCUT2D eigenvalue weighted by molar-refractivity contribution is 5.79. The molecule has 2 amide bonds. The van der Waals surface area contributed by atoms with Crippen LogP contribution in [-0.4, -0.2) is 93.7 Å². The number of carbonyl (C=O) groups is 2. The van der Waals surface area contributed by atoms with Crippen LogP contribution in [0.1, 0.15) is 56.2 Å². The molecule has 3 atom stereocenters. The monoisotopic (exact) mass is 615 g/mol. The standard InChI is InChI=1S/C37H44FN3O4/c1-37(2,3)41(36(44)45)21-20-40(35(42)43,25-34-32-10-6-4-8-30(32)31-9-5-7-11-33(31)34)24-29(41)23-39-18-16-27(17-19-39)22-26-12-14-28(38)15-13-26/h4-15,27,29,34H,16-25H2,1-3H3/p+2. The molecule has 45 heavy (non-hydrogen) atoms. The Morgan fingerprint density at radius 1 is 0.844 bits per heavy atom. The Balaban J connectivity index is 1.27. The first kappa shape index (κ1) is 31.4. The van der Waals surface area contributed by atoms with E-state index >= 15 is 0 Å². The van der Waals surface area contributed by atoms with E-state index in [0.29, 0.717) is 19.0 Å². The number of likely N-dealkylation sites (tertiary alicyclic amines) is 1. The fourth-order valence-electron chi connectivity index (χ4n) is 8.63. The summed E-state index contributed by atoms with van der Waals surface area (Å²) in [6.45, 7) is 9.32. The van der Waals surface area contributed by atoms with Crippen LogP contribution in [0.2, 0.25) is 0 Å². The van der Waals surface area contributed by atoms with Crippen LogP contribution >= 0.6 is 0 Å². The molecule has 3 aromatic rings. The number of halogens is 1. The Kier molecular flexibility index (Phi) is 8.35. The van der Waals surface area contributed by atoms with Crippen molar-refractivity contribution < 1.29 is 33.2 Å². The van der Waals surface area contributed by atoms with E-state index in [4.69, 9.17) is 0 Å². The molecule has 1 aliphatic carbocycles. The van der Waals surface area contributed by atoms with Crippen LogP contribution in [0.3, 0.4) is 0 Å². The van der Waals surface area contributed by atoms with Crippen molar-refractivity contribution in [2.75, 3.05) is 45.8 Å². The van der Waals surface area contributed by atoms with Crippen molar-refractivity contribution in [1.29, 1.82) is 0 Å². The van der Waals surface area contributed by atoms with Crippen molar-refractivity contribution >= 4 is 12.2 Å². The van der Waals surface area contributed by atoms with E-state index in [1.54, 1.807) is 0 Å². The number of hydrogen-bond acceptors (Lipinski definition) is 3. The topological polar surface area (TPSA) is 77.8 Å². The van der Waals surface area contributed by atoms with E-state index in [1.165, 1.54) is 12.1 Å². The number of rotatable bonds is 6. The molecule has 0 radical (unpaired) electrons. The number of piperidine rings is 1. The number of piperazine rings is 1. The molecule has 2 fully saturated rings. The average Bonchev–Trinajstić information content (AvgIpc) is 3.32. The SMILES string of the molecule is CC(C)(C)[N+]1(C(=O)O)CC[N+](CC2c3ccccc3-c3ccccc32)(C(=O)O)CC1CN1CCC(Cc2ccc(F)cc2)CC1. The number of benzene rings is 3. The minimum Gasteiger partial charge on any atom is -0.435 e. The lowest BCUT2D eigenvalue weighted by Gasteiger charge is -2.55. The van der Waals surface area contributed by atoms with E-state index < -0.39 is 23.8 Å². The summed E-state index contributed by atoms with van der Waals surface area (Å²) in [5, 5.41) is 21.8. The van der Waals surface area contributed by atoms with Gasteiger partial charge in [-0.3, -0.25) is 4.90 Å². The maximum absolute atomic E-state index is 13.4. The third-order valence-electron chi connectivity index (χ3n) is 11.1. The molecule has 0 saturated carbocycles. The van der Waals surface area contributed by atoms with Crippen LogP contribution in [0.5, 0.6) is 0 Å². The first-order valence-corrected chi connectivity index (χ1v) is 16.3. The molecule has 0 aromatic heterocycles. The molecule has 2 heterocycles. The normalized spacial score (nSPS) is 25.9. The Hall–Kier alpha value is -3.59. The maximum atomic E-state index is 13.4. The third-order valence-corrected chi connectivity index (χ3v) is 11.1. The largest absolute Gasteiger partial charge is 0.514 e. The molecule has 2 aliphatic heterocycles. The smallest absolute Gasteiger partial charge is 0.435 e. The van der Waals surface area contributed by atoms with Gasteiger partial charge in [0, 0.05) is 0 Å². The van der Waals surface area contributed by atoms with Gasteiger partial charge in [-0.1, -0.05) is 60.7 Å². The second kappa shape index (κ2) is 12.0. The molecule has 2 N–H and O–H groups in total. The van der Waals surface area contributed by atoms with Gasteiger partial charge in [0.15, 0.2) is 6.04 Å². The van der Waals surface area contributed by atoms with Crippen molar-refractivity contribution in [3.05, 3.63) is 95.3 Å². The predicted molar refractivity (Wildman–Crippen MR) is 173 cm³/mol. The van der Waals surface area contributed by atoms with Crippen LogP contribution in [0.15, 0.2) is 72.8 Å². The van der Waals surface area contributed by atoms with E-state index in [2.05, 4.69) is 29.2 Å². The number of fused-ring (bicyclic) bond motifs is 3. The summed E-state index contributed by atoms with van der Waals surface area (Å²) < 4.78 is 13.1. The second-order valence-corrected chi connectivity index (χ2v) is 14.5. The fraction of sp³-hybridized carbons (Fsp3) is 0.459. The summed E-state index contributed by atoms with van der Waals surface area (Å²) in [5.41, 5.74) is 5.14. The first-order chi connectivity index (χ1) is 21.4. The van der Waals surface area contributed by atoms with E-state index in [9.17, 15) is 24.2 Å². The zero-order chi connectivity index (χ0) is 32.0. The summed E-state index contributed by atoms with van der Waals surface area (Å²) >= 11 is 0. The van der Waals surface area contributed by atoms with Gasteiger partial charge < -0.3 is 10.2 Å². The maximum Gasteiger partial charge on any atom is 0.514 e. The number of hydrogen-bond donors (Lipinski definition) is 2. The molecule has 8 heteroatoms.